The maximum Gasteiger partial charge on any atom is 0.306 e. The van der Waals surface area contributed by atoms with E-state index in [1.54, 1.807) is 0 Å². The first-order valence-electron chi connectivity index (χ1n) is 27.2. The summed E-state index contributed by atoms with van der Waals surface area (Å²) in [6.07, 6.45) is 49.5. The zero-order valence-electron chi connectivity index (χ0n) is 41.8. The molecule has 0 heterocycles. The minimum atomic E-state index is -0.762. The number of carbonyl (C=O) groups excluding carboxylic acids is 3. The van der Waals surface area contributed by atoms with Crippen molar-refractivity contribution >= 4 is 17.9 Å². The van der Waals surface area contributed by atoms with Gasteiger partial charge in [-0.15, -0.1) is 0 Å². The van der Waals surface area contributed by atoms with E-state index in [2.05, 4.69) is 34.6 Å². The lowest BCUT2D eigenvalue weighted by Gasteiger charge is -2.18. The van der Waals surface area contributed by atoms with Gasteiger partial charge in [0.1, 0.15) is 13.2 Å². The molecular weight excluding hydrogens is 757 g/mol. The molecule has 0 radical (unpaired) electrons. The second-order valence-corrected chi connectivity index (χ2v) is 19.8. The van der Waals surface area contributed by atoms with Crippen LogP contribution in [-0.4, -0.2) is 37.2 Å². The van der Waals surface area contributed by atoms with Gasteiger partial charge in [-0.3, -0.25) is 14.4 Å². The molecule has 61 heavy (non-hydrogen) atoms. The van der Waals surface area contributed by atoms with Gasteiger partial charge >= 0.3 is 17.9 Å². The molecule has 0 unspecified atom stereocenters. The predicted octanol–water partition coefficient (Wildman–Crippen LogP) is 17.7. The van der Waals surface area contributed by atoms with E-state index in [0.717, 1.165) is 69.6 Å². The number of ether oxygens (including phenoxy) is 3. The Balaban J connectivity index is 4.27. The maximum absolute atomic E-state index is 12.8. The molecular formula is C55H106O6. The molecule has 0 aliphatic rings. The number of unbranched alkanes of at least 4 members (excludes halogenated alkanes) is 34. The maximum atomic E-state index is 12.8. The van der Waals surface area contributed by atoms with Crippen molar-refractivity contribution in [2.75, 3.05) is 13.2 Å². The summed E-state index contributed by atoms with van der Waals surface area (Å²) in [5.74, 6) is 0.778. The molecule has 0 aromatic carbocycles. The fourth-order valence-corrected chi connectivity index (χ4v) is 8.34. The quantitative estimate of drug-likeness (QED) is 0.0344. The molecule has 0 saturated carbocycles. The van der Waals surface area contributed by atoms with Crippen molar-refractivity contribution in [1.29, 1.82) is 0 Å². The van der Waals surface area contributed by atoms with E-state index in [-0.39, 0.29) is 31.1 Å². The summed E-state index contributed by atoms with van der Waals surface area (Å²) in [6, 6.07) is 0. The highest BCUT2D eigenvalue weighted by Gasteiger charge is 2.19. The zero-order chi connectivity index (χ0) is 44.7. The van der Waals surface area contributed by atoms with E-state index < -0.39 is 6.10 Å². The van der Waals surface area contributed by atoms with Crippen molar-refractivity contribution in [1.82, 2.24) is 0 Å². The Bertz CT molecular complexity index is 931. The molecule has 6 nitrogen and oxygen atoms in total. The molecule has 0 rings (SSSR count). The molecule has 1 atom stereocenters. The third-order valence-electron chi connectivity index (χ3n) is 12.5. The predicted molar refractivity (Wildman–Crippen MR) is 261 cm³/mol. The molecule has 0 fully saturated rings. The highest BCUT2D eigenvalue weighted by molar-refractivity contribution is 5.71. The molecule has 0 aliphatic carbocycles. The van der Waals surface area contributed by atoms with Crippen LogP contribution < -0.4 is 0 Å². The van der Waals surface area contributed by atoms with Gasteiger partial charge in [-0.25, -0.2) is 0 Å². The Kier molecular flexibility index (Phi) is 46.6. The Morgan fingerprint density at radius 2 is 0.541 bits per heavy atom. The van der Waals surface area contributed by atoms with E-state index >= 15 is 0 Å². The molecule has 0 spiro atoms. The fourth-order valence-electron chi connectivity index (χ4n) is 8.34. The number of hydrogen-bond acceptors (Lipinski definition) is 6. The molecule has 0 saturated heterocycles. The molecule has 0 bridgehead atoms. The minimum Gasteiger partial charge on any atom is -0.462 e. The molecule has 362 valence electrons. The first kappa shape index (κ1) is 59.4. The lowest BCUT2D eigenvalue weighted by atomic mass is 10.0. The van der Waals surface area contributed by atoms with Crippen LogP contribution in [0.25, 0.3) is 0 Å². The topological polar surface area (TPSA) is 78.9 Å². The van der Waals surface area contributed by atoms with E-state index in [1.807, 2.05) is 0 Å². The van der Waals surface area contributed by atoms with Gasteiger partial charge in [0, 0.05) is 19.3 Å². The Morgan fingerprint density at radius 1 is 0.311 bits per heavy atom. The van der Waals surface area contributed by atoms with Gasteiger partial charge in [-0.05, 0) is 31.1 Å². The summed E-state index contributed by atoms with van der Waals surface area (Å²) in [5, 5.41) is 0. The fraction of sp³-hybridized carbons (Fsp3) is 0.945. The van der Waals surface area contributed by atoms with Gasteiger partial charge in [-0.1, -0.05) is 266 Å². The highest BCUT2D eigenvalue weighted by atomic mass is 16.6. The minimum absolute atomic E-state index is 0.0637. The molecule has 0 aromatic heterocycles. The molecule has 0 aromatic rings. The number of hydrogen-bond donors (Lipinski definition) is 0. The van der Waals surface area contributed by atoms with Gasteiger partial charge in [-0.2, -0.15) is 0 Å². The first-order chi connectivity index (χ1) is 29.7. The first-order valence-corrected chi connectivity index (χ1v) is 27.2. The summed E-state index contributed by atoms with van der Waals surface area (Å²) in [7, 11) is 0. The van der Waals surface area contributed by atoms with E-state index in [9.17, 15) is 14.4 Å². The monoisotopic (exact) mass is 863 g/mol. The van der Waals surface area contributed by atoms with Gasteiger partial charge in [0.15, 0.2) is 6.10 Å². The van der Waals surface area contributed by atoms with Crippen LogP contribution in [0.15, 0.2) is 0 Å². The SMILES string of the molecule is CCCCCCCCCCCCCCCCCCCCC(=O)OC[C@@H](COC(=O)CCCCCCCCCCCCC(C)C)OC(=O)CCCCCCCCCCCC(C)C. The van der Waals surface area contributed by atoms with Crippen LogP contribution in [0.2, 0.25) is 0 Å². The third kappa shape index (κ3) is 49.3. The average Bonchev–Trinajstić information content (AvgIpc) is 3.23. The summed E-state index contributed by atoms with van der Waals surface area (Å²) < 4.78 is 16.8. The van der Waals surface area contributed by atoms with Crippen molar-refractivity contribution in [2.45, 2.75) is 310 Å². The Morgan fingerprint density at radius 3 is 0.803 bits per heavy atom. The number of carbonyl (C=O) groups is 3. The van der Waals surface area contributed by atoms with Gasteiger partial charge in [0.2, 0.25) is 0 Å². The van der Waals surface area contributed by atoms with Crippen molar-refractivity contribution in [3.8, 4) is 0 Å². The molecule has 6 heteroatoms. The van der Waals surface area contributed by atoms with Gasteiger partial charge in [0.25, 0.3) is 0 Å². The highest BCUT2D eigenvalue weighted by Crippen LogP contribution is 2.18. The van der Waals surface area contributed by atoms with Crippen molar-refractivity contribution < 1.29 is 28.6 Å². The van der Waals surface area contributed by atoms with E-state index in [0.29, 0.717) is 19.3 Å². The Hall–Kier alpha value is -1.59. The van der Waals surface area contributed by atoms with E-state index in [1.165, 1.54) is 193 Å². The average molecular weight is 863 g/mol. The normalized spacial score (nSPS) is 12.0. The van der Waals surface area contributed by atoms with Crippen LogP contribution in [0.4, 0.5) is 0 Å². The van der Waals surface area contributed by atoms with Crippen molar-refractivity contribution in [2.24, 2.45) is 11.8 Å². The largest absolute Gasteiger partial charge is 0.462 e. The van der Waals surface area contributed by atoms with Crippen LogP contribution in [0.1, 0.15) is 304 Å². The molecule has 0 N–H and O–H groups in total. The smallest absolute Gasteiger partial charge is 0.306 e. The number of esters is 3. The zero-order valence-corrected chi connectivity index (χ0v) is 41.8. The van der Waals surface area contributed by atoms with Crippen LogP contribution in [0.3, 0.4) is 0 Å². The van der Waals surface area contributed by atoms with Crippen LogP contribution >= 0.6 is 0 Å². The third-order valence-corrected chi connectivity index (χ3v) is 12.5. The lowest BCUT2D eigenvalue weighted by molar-refractivity contribution is -0.167. The summed E-state index contributed by atoms with van der Waals surface area (Å²) in [6.45, 7) is 11.4. The summed E-state index contributed by atoms with van der Waals surface area (Å²) >= 11 is 0. The summed E-state index contributed by atoms with van der Waals surface area (Å²) in [4.78, 5) is 38.0. The van der Waals surface area contributed by atoms with Crippen LogP contribution in [-0.2, 0) is 28.6 Å². The molecule has 0 aliphatic heterocycles. The second kappa shape index (κ2) is 47.9. The summed E-state index contributed by atoms with van der Waals surface area (Å²) in [5.41, 5.74) is 0. The molecule has 0 amide bonds. The van der Waals surface area contributed by atoms with E-state index in [4.69, 9.17) is 14.2 Å². The lowest BCUT2D eigenvalue weighted by Crippen LogP contribution is -2.30. The van der Waals surface area contributed by atoms with Gasteiger partial charge in [0.05, 0.1) is 0 Å². The van der Waals surface area contributed by atoms with Crippen LogP contribution in [0, 0.1) is 11.8 Å². The van der Waals surface area contributed by atoms with Crippen LogP contribution in [0.5, 0.6) is 0 Å². The second-order valence-electron chi connectivity index (χ2n) is 19.8. The van der Waals surface area contributed by atoms with Crippen molar-refractivity contribution in [3.05, 3.63) is 0 Å². The number of rotatable bonds is 49. The van der Waals surface area contributed by atoms with Crippen molar-refractivity contribution in [3.63, 3.8) is 0 Å². The standard InChI is InChI=1S/C55H106O6/c1-6-7-8-9-10-11-12-13-14-15-16-17-18-19-25-30-35-40-45-53(56)59-48-52(61-55(58)47-42-37-32-27-22-24-29-34-39-44-51(4)5)49-60-54(57)46-41-36-31-26-21-20-23-28-33-38-43-50(2)3/h50-52H,6-49H2,1-5H3/t52-/m0/s1. The van der Waals surface area contributed by atoms with Gasteiger partial charge < -0.3 is 14.2 Å². The Labute approximate surface area is 380 Å².